The van der Waals surface area contributed by atoms with E-state index in [0.29, 0.717) is 5.92 Å². The number of pyridine rings is 1. The lowest BCUT2D eigenvalue weighted by molar-refractivity contribution is 0.296. The van der Waals surface area contributed by atoms with Crippen molar-refractivity contribution in [3.05, 3.63) is 35.7 Å². The van der Waals surface area contributed by atoms with E-state index in [0.717, 1.165) is 29.7 Å². The molecule has 2 heterocycles. The van der Waals surface area contributed by atoms with Gasteiger partial charge in [-0.3, -0.25) is 4.98 Å². The summed E-state index contributed by atoms with van der Waals surface area (Å²) in [5.74, 6) is 2.49. The SMILES string of the molecule is CC(C)(C)c1ccc(-c2cc(OCC3CC3)c(C3CC3)cn2)[nH]1. The summed E-state index contributed by atoms with van der Waals surface area (Å²) in [6.07, 6.45) is 7.23. The van der Waals surface area contributed by atoms with Crippen LogP contribution >= 0.6 is 0 Å². The Bertz CT molecular complexity index is 703. The summed E-state index contributed by atoms with van der Waals surface area (Å²) in [6, 6.07) is 6.43. The van der Waals surface area contributed by atoms with Crippen LogP contribution in [0.25, 0.3) is 11.4 Å². The Morgan fingerprint density at radius 2 is 1.96 bits per heavy atom. The van der Waals surface area contributed by atoms with Gasteiger partial charge in [0.05, 0.1) is 18.0 Å². The summed E-state index contributed by atoms with van der Waals surface area (Å²) in [5.41, 5.74) is 4.72. The molecule has 3 nitrogen and oxygen atoms in total. The predicted molar refractivity (Wildman–Crippen MR) is 92.9 cm³/mol. The maximum absolute atomic E-state index is 6.14. The molecular formula is C20H26N2O. The number of hydrogen-bond donors (Lipinski definition) is 1. The van der Waals surface area contributed by atoms with Gasteiger partial charge in [0.2, 0.25) is 0 Å². The molecule has 2 fully saturated rings. The van der Waals surface area contributed by atoms with E-state index in [9.17, 15) is 0 Å². The van der Waals surface area contributed by atoms with Crippen molar-refractivity contribution in [3.63, 3.8) is 0 Å². The highest BCUT2D eigenvalue weighted by atomic mass is 16.5. The van der Waals surface area contributed by atoms with E-state index in [1.165, 1.54) is 36.9 Å². The minimum absolute atomic E-state index is 0.123. The number of nitrogens with one attached hydrogen (secondary N) is 1. The molecule has 0 spiro atoms. The smallest absolute Gasteiger partial charge is 0.126 e. The minimum Gasteiger partial charge on any atom is -0.493 e. The average Bonchev–Trinajstić information content (AvgIpc) is 3.43. The molecule has 2 aliphatic rings. The van der Waals surface area contributed by atoms with E-state index in [2.05, 4.69) is 44.0 Å². The number of H-pyrrole nitrogens is 1. The minimum atomic E-state index is 0.123. The molecule has 1 N–H and O–H groups in total. The van der Waals surface area contributed by atoms with Crippen LogP contribution in [0, 0.1) is 5.92 Å². The lowest BCUT2D eigenvalue weighted by Gasteiger charge is -2.16. The molecule has 4 rings (SSSR count). The van der Waals surface area contributed by atoms with E-state index in [-0.39, 0.29) is 5.41 Å². The molecule has 2 aromatic rings. The Kier molecular flexibility index (Phi) is 3.47. The van der Waals surface area contributed by atoms with Crippen LogP contribution in [0.2, 0.25) is 0 Å². The third kappa shape index (κ3) is 3.29. The van der Waals surface area contributed by atoms with Gasteiger partial charge in [0, 0.05) is 28.9 Å². The molecule has 2 aliphatic carbocycles. The van der Waals surface area contributed by atoms with E-state index in [1.54, 1.807) is 0 Å². The highest BCUT2D eigenvalue weighted by Crippen LogP contribution is 2.45. The summed E-state index contributed by atoms with van der Waals surface area (Å²) in [4.78, 5) is 8.22. The van der Waals surface area contributed by atoms with Gasteiger partial charge in [-0.1, -0.05) is 20.8 Å². The summed E-state index contributed by atoms with van der Waals surface area (Å²) < 4.78 is 6.14. The maximum atomic E-state index is 6.14. The van der Waals surface area contributed by atoms with Crippen LogP contribution in [0.4, 0.5) is 0 Å². The van der Waals surface area contributed by atoms with Crippen molar-refractivity contribution in [2.75, 3.05) is 6.61 Å². The van der Waals surface area contributed by atoms with E-state index >= 15 is 0 Å². The first-order valence-corrected chi connectivity index (χ1v) is 8.83. The second-order valence-corrected chi connectivity index (χ2v) is 8.17. The number of aromatic nitrogens is 2. The van der Waals surface area contributed by atoms with E-state index < -0.39 is 0 Å². The van der Waals surface area contributed by atoms with Gasteiger partial charge in [0.15, 0.2) is 0 Å². The molecule has 0 unspecified atom stereocenters. The predicted octanol–water partition coefficient (Wildman–Crippen LogP) is 5.04. The zero-order valence-corrected chi connectivity index (χ0v) is 14.4. The molecule has 0 saturated heterocycles. The number of hydrogen-bond acceptors (Lipinski definition) is 2. The van der Waals surface area contributed by atoms with Crippen molar-refractivity contribution in [3.8, 4) is 17.1 Å². The van der Waals surface area contributed by atoms with Gasteiger partial charge < -0.3 is 9.72 Å². The van der Waals surface area contributed by atoms with Crippen LogP contribution in [-0.4, -0.2) is 16.6 Å². The van der Waals surface area contributed by atoms with Gasteiger partial charge in [-0.25, -0.2) is 0 Å². The van der Waals surface area contributed by atoms with Crippen LogP contribution in [-0.2, 0) is 5.41 Å². The summed E-state index contributed by atoms with van der Waals surface area (Å²) in [6.45, 7) is 7.52. The molecule has 2 aromatic heterocycles. The molecule has 122 valence electrons. The highest BCUT2D eigenvalue weighted by Gasteiger charge is 2.29. The number of nitrogens with zero attached hydrogens (tertiary/aromatic N) is 1. The van der Waals surface area contributed by atoms with Crippen LogP contribution in [0.1, 0.15) is 63.6 Å². The third-order valence-electron chi connectivity index (χ3n) is 4.85. The first-order valence-electron chi connectivity index (χ1n) is 8.83. The highest BCUT2D eigenvalue weighted by molar-refractivity contribution is 5.59. The van der Waals surface area contributed by atoms with E-state index in [1.807, 2.05) is 6.20 Å². The fourth-order valence-electron chi connectivity index (χ4n) is 2.89. The Hall–Kier alpha value is -1.77. The van der Waals surface area contributed by atoms with Gasteiger partial charge in [-0.05, 0) is 49.7 Å². The lowest BCUT2D eigenvalue weighted by atomic mass is 9.93. The Balaban J connectivity index is 1.62. The molecule has 2 saturated carbocycles. The number of aromatic amines is 1. The van der Waals surface area contributed by atoms with Gasteiger partial charge in [0.1, 0.15) is 5.75 Å². The molecule has 0 aliphatic heterocycles. The summed E-state index contributed by atoms with van der Waals surface area (Å²) in [7, 11) is 0. The summed E-state index contributed by atoms with van der Waals surface area (Å²) in [5, 5.41) is 0. The third-order valence-corrected chi connectivity index (χ3v) is 4.85. The zero-order chi connectivity index (χ0) is 16.0. The molecule has 3 heteroatoms. The molecule has 0 amide bonds. The molecule has 0 aromatic carbocycles. The largest absolute Gasteiger partial charge is 0.493 e. The average molecular weight is 310 g/mol. The quantitative estimate of drug-likeness (QED) is 0.840. The number of rotatable bonds is 5. The maximum Gasteiger partial charge on any atom is 0.126 e. The Morgan fingerprint density at radius 1 is 1.17 bits per heavy atom. The van der Waals surface area contributed by atoms with Crippen molar-refractivity contribution in [1.29, 1.82) is 0 Å². The second kappa shape index (κ2) is 5.40. The van der Waals surface area contributed by atoms with Crippen molar-refractivity contribution >= 4 is 0 Å². The Morgan fingerprint density at radius 3 is 2.57 bits per heavy atom. The standard InChI is InChI=1S/C20H26N2O/c1-20(2,3)19-9-8-16(22-19)17-10-18(23-12-13-4-5-13)15(11-21-17)14-6-7-14/h8-11,13-14,22H,4-7,12H2,1-3H3. The van der Waals surface area contributed by atoms with E-state index in [4.69, 9.17) is 9.72 Å². The van der Waals surface area contributed by atoms with Crippen molar-refractivity contribution < 1.29 is 4.74 Å². The van der Waals surface area contributed by atoms with Crippen LogP contribution in [0.15, 0.2) is 24.4 Å². The van der Waals surface area contributed by atoms with Gasteiger partial charge in [-0.15, -0.1) is 0 Å². The first-order chi connectivity index (χ1) is 11.0. The monoisotopic (exact) mass is 310 g/mol. The fourth-order valence-corrected chi connectivity index (χ4v) is 2.89. The fraction of sp³-hybridized carbons (Fsp3) is 0.550. The van der Waals surface area contributed by atoms with Crippen LogP contribution in [0.3, 0.4) is 0 Å². The van der Waals surface area contributed by atoms with Gasteiger partial charge >= 0.3 is 0 Å². The molecular weight excluding hydrogens is 284 g/mol. The Labute approximate surface area is 138 Å². The van der Waals surface area contributed by atoms with Crippen molar-refractivity contribution in [2.45, 2.75) is 57.8 Å². The first kappa shape index (κ1) is 14.8. The van der Waals surface area contributed by atoms with Crippen molar-refractivity contribution in [1.82, 2.24) is 9.97 Å². The zero-order valence-electron chi connectivity index (χ0n) is 14.4. The van der Waals surface area contributed by atoms with Gasteiger partial charge in [0.25, 0.3) is 0 Å². The second-order valence-electron chi connectivity index (χ2n) is 8.17. The molecule has 0 atom stereocenters. The van der Waals surface area contributed by atoms with Crippen LogP contribution < -0.4 is 4.74 Å². The van der Waals surface area contributed by atoms with Crippen molar-refractivity contribution in [2.24, 2.45) is 5.92 Å². The topological polar surface area (TPSA) is 37.9 Å². The lowest BCUT2D eigenvalue weighted by Crippen LogP contribution is -2.11. The number of ether oxygens (including phenoxy) is 1. The molecule has 0 radical (unpaired) electrons. The van der Waals surface area contributed by atoms with Gasteiger partial charge in [-0.2, -0.15) is 0 Å². The molecule has 0 bridgehead atoms. The normalized spacial score (nSPS) is 18.2. The summed E-state index contributed by atoms with van der Waals surface area (Å²) >= 11 is 0. The van der Waals surface area contributed by atoms with Crippen LogP contribution in [0.5, 0.6) is 5.75 Å². The molecule has 23 heavy (non-hydrogen) atoms.